The molecule has 5 nitrogen and oxygen atoms in total. The Morgan fingerprint density at radius 3 is 2.89 bits per heavy atom. The van der Waals surface area contributed by atoms with Gasteiger partial charge >= 0.3 is 0 Å². The van der Waals surface area contributed by atoms with Crippen LogP contribution in [0.15, 0.2) is 24.5 Å². The molecule has 19 heavy (non-hydrogen) atoms. The van der Waals surface area contributed by atoms with Crippen LogP contribution in [0.5, 0.6) is 0 Å². The van der Waals surface area contributed by atoms with E-state index < -0.39 is 0 Å². The van der Waals surface area contributed by atoms with Crippen LogP contribution in [0.4, 0.5) is 0 Å². The number of nitrogens with one attached hydrogen (secondary N) is 1. The number of amides is 2. The van der Waals surface area contributed by atoms with E-state index in [4.69, 9.17) is 0 Å². The maximum Gasteiger partial charge on any atom is 0.243 e. The zero-order valence-corrected chi connectivity index (χ0v) is 11.3. The van der Waals surface area contributed by atoms with Crippen molar-refractivity contribution in [1.29, 1.82) is 0 Å². The average Bonchev–Trinajstić information content (AvgIpc) is 2.39. The predicted octanol–water partition coefficient (Wildman–Crippen LogP) is 0.955. The molecule has 0 radical (unpaired) electrons. The Hall–Kier alpha value is -1.91. The average molecular weight is 261 g/mol. The Bertz CT molecular complexity index is 459. The summed E-state index contributed by atoms with van der Waals surface area (Å²) in [4.78, 5) is 29.7. The van der Waals surface area contributed by atoms with Gasteiger partial charge in [0.05, 0.1) is 6.54 Å². The normalized spacial score (nSPS) is 19.7. The Kier molecular flexibility index (Phi) is 4.14. The van der Waals surface area contributed by atoms with Crippen molar-refractivity contribution in [2.24, 2.45) is 5.92 Å². The molecule has 1 N–H and O–H groups in total. The third-order valence-corrected chi connectivity index (χ3v) is 3.18. The lowest BCUT2D eigenvalue weighted by molar-refractivity contribution is -0.146. The predicted molar refractivity (Wildman–Crippen MR) is 71.0 cm³/mol. The standard InChI is InChI=1S/C14H19N3O2/c1-10(2)6-12-14(19)16-8-13(18)17(12)9-11-4-3-5-15-7-11/h3-5,7,10,12H,6,8-9H2,1-2H3,(H,16,19). The summed E-state index contributed by atoms with van der Waals surface area (Å²) < 4.78 is 0. The maximum absolute atomic E-state index is 12.0. The van der Waals surface area contributed by atoms with Crippen molar-refractivity contribution in [1.82, 2.24) is 15.2 Å². The molecule has 1 fully saturated rings. The summed E-state index contributed by atoms with van der Waals surface area (Å²) in [5.74, 6) is 0.268. The summed E-state index contributed by atoms with van der Waals surface area (Å²) in [6.07, 6.45) is 4.10. The van der Waals surface area contributed by atoms with E-state index in [1.165, 1.54) is 0 Å². The van der Waals surface area contributed by atoms with E-state index >= 15 is 0 Å². The number of pyridine rings is 1. The molecular formula is C14H19N3O2. The number of piperazine rings is 1. The topological polar surface area (TPSA) is 62.3 Å². The van der Waals surface area contributed by atoms with Crippen molar-refractivity contribution in [3.05, 3.63) is 30.1 Å². The molecule has 0 saturated carbocycles. The van der Waals surface area contributed by atoms with E-state index in [9.17, 15) is 9.59 Å². The second-order valence-electron chi connectivity index (χ2n) is 5.25. The molecule has 2 rings (SSSR count). The minimum Gasteiger partial charge on any atom is -0.345 e. The molecule has 1 atom stereocenters. The number of carbonyl (C=O) groups excluding carboxylic acids is 2. The summed E-state index contributed by atoms with van der Waals surface area (Å²) in [6, 6.07) is 3.38. The van der Waals surface area contributed by atoms with Gasteiger partial charge in [0.25, 0.3) is 0 Å². The highest BCUT2D eigenvalue weighted by Crippen LogP contribution is 2.17. The second kappa shape index (κ2) is 5.82. The first-order valence-electron chi connectivity index (χ1n) is 6.54. The molecule has 1 saturated heterocycles. The van der Waals surface area contributed by atoms with Gasteiger partial charge in [-0.1, -0.05) is 19.9 Å². The fourth-order valence-electron chi connectivity index (χ4n) is 2.26. The van der Waals surface area contributed by atoms with E-state index in [0.29, 0.717) is 18.9 Å². The van der Waals surface area contributed by atoms with Crippen LogP contribution in [0.1, 0.15) is 25.8 Å². The minimum atomic E-state index is -0.374. The first-order valence-corrected chi connectivity index (χ1v) is 6.54. The SMILES string of the molecule is CC(C)CC1C(=O)NCC(=O)N1Cc1cccnc1. The van der Waals surface area contributed by atoms with Gasteiger partial charge in [0.1, 0.15) is 6.04 Å². The molecule has 0 spiro atoms. The van der Waals surface area contributed by atoms with E-state index in [1.807, 2.05) is 12.1 Å². The first-order chi connectivity index (χ1) is 9.08. The molecule has 1 aliphatic rings. The zero-order valence-electron chi connectivity index (χ0n) is 11.3. The Labute approximate surface area is 113 Å². The molecule has 5 heteroatoms. The molecule has 1 aliphatic heterocycles. The van der Waals surface area contributed by atoms with Crippen LogP contribution < -0.4 is 5.32 Å². The van der Waals surface area contributed by atoms with Crippen LogP contribution >= 0.6 is 0 Å². The summed E-state index contributed by atoms with van der Waals surface area (Å²) in [6.45, 7) is 4.63. The van der Waals surface area contributed by atoms with Crippen LogP contribution in [-0.4, -0.2) is 34.3 Å². The summed E-state index contributed by atoms with van der Waals surface area (Å²) in [7, 11) is 0. The summed E-state index contributed by atoms with van der Waals surface area (Å²) >= 11 is 0. The van der Waals surface area contributed by atoms with Crippen LogP contribution in [0, 0.1) is 5.92 Å². The molecular weight excluding hydrogens is 242 g/mol. The summed E-state index contributed by atoms with van der Waals surface area (Å²) in [5.41, 5.74) is 0.944. The van der Waals surface area contributed by atoms with Gasteiger partial charge in [-0.25, -0.2) is 0 Å². The van der Waals surface area contributed by atoms with E-state index in [0.717, 1.165) is 5.56 Å². The third-order valence-electron chi connectivity index (χ3n) is 3.18. The fraction of sp³-hybridized carbons (Fsp3) is 0.500. The van der Waals surface area contributed by atoms with Crippen molar-refractivity contribution >= 4 is 11.8 Å². The van der Waals surface area contributed by atoms with Gasteiger partial charge in [0.2, 0.25) is 11.8 Å². The minimum absolute atomic E-state index is 0.0332. The van der Waals surface area contributed by atoms with E-state index in [-0.39, 0.29) is 24.4 Å². The van der Waals surface area contributed by atoms with Crippen LogP contribution in [0.3, 0.4) is 0 Å². The molecule has 0 aliphatic carbocycles. The van der Waals surface area contributed by atoms with Gasteiger partial charge in [-0.2, -0.15) is 0 Å². The second-order valence-corrected chi connectivity index (χ2v) is 5.25. The van der Waals surface area contributed by atoms with Crippen LogP contribution in [-0.2, 0) is 16.1 Å². The van der Waals surface area contributed by atoms with E-state index in [1.54, 1.807) is 17.3 Å². The van der Waals surface area contributed by atoms with E-state index in [2.05, 4.69) is 24.1 Å². The molecule has 1 aromatic rings. The van der Waals surface area contributed by atoms with Gasteiger partial charge in [-0.15, -0.1) is 0 Å². The molecule has 1 aromatic heterocycles. The lowest BCUT2D eigenvalue weighted by atomic mass is 9.99. The van der Waals surface area contributed by atoms with Gasteiger partial charge in [0, 0.05) is 18.9 Å². The largest absolute Gasteiger partial charge is 0.345 e. The number of nitrogens with zero attached hydrogens (tertiary/aromatic N) is 2. The molecule has 0 aromatic carbocycles. The Morgan fingerprint density at radius 1 is 1.47 bits per heavy atom. The van der Waals surface area contributed by atoms with Gasteiger partial charge in [-0.3, -0.25) is 14.6 Å². The fourth-order valence-corrected chi connectivity index (χ4v) is 2.26. The summed E-state index contributed by atoms with van der Waals surface area (Å²) in [5, 5.41) is 2.66. The smallest absolute Gasteiger partial charge is 0.243 e. The zero-order chi connectivity index (χ0) is 13.8. The quantitative estimate of drug-likeness (QED) is 0.878. The number of carbonyl (C=O) groups is 2. The van der Waals surface area contributed by atoms with Crippen LogP contribution in [0.25, 0.3) is 0 Å². The van der Waals surface area contributed by atoms with Crippen LogP contribution in [0.2, 0.25) is 0 Å². The number of aromatic nitrogens is 1. The Morgan fingerprint density at radius 2 is 2.26 bits per heavy atom. The highest BCUT2D eigenvalue weighted by Gasteiger charge is 2.34. The highest BCUT2D eigenvalue weighted by molar-refractivity contribution is 5.94. The van der Waals surface area contributed by atoms with Crippen molar-refractivity contribution < 1.29 is 9.59 Å². The Balaban J connectivity index is 2.17. The third kappa shape index (κ3) is 3.30. The van der Waals surface area contributed by atoms with Gasteiger partial charge < -0.3 is 10.2 Å². The monoisotopic (exact) mass is 261 g/mol. The molecule has 2 amide bonds. The van der Waals surface area contributed by atoms with Crippen molar-refractivity contribution in [3.8, 4) is 0 Å². The van der Waals surface area contributed by atoms with Crippen molar-refractivity contribution in [2.75, 3.05) is 6.54 Å². The highest BCUT2D eigenvalue weighted by atomic mass is 16.2. The first kappa shape index (κ1) is 13.5. The number of hydrogen-bond acceptors (Lipinski definition) is 3. The number of rotatable bonds is 4. The number of hydrogen-bond donors (Lipinski definition) is 1. The maximum atomic E-state index is 12.0. The molecule has 102 valence electrons. The van der Waals surface area contributed by atoms with Crippen molar-refractivity contribution in [3.63, 3.8) is 0 Å². The lowest BCUT2D eigenvalue weighted by Gasteiger charge is -2.35. The van der Waals surface area contributed by atoms with Gasteiger partial charge in [0.15, 0.2) is 0 Å². The molecule has 0 bridgehead atoms. The van der Waals surface area contributed by atoms with Crippen molar-refractivity contribution in [2.45, 2.75) is 32.9 Å². The molecule has 1 unspecified atom stereocenters. The lowest BCUT2D eigenvalue weighted by Crippen LogP contribution is -2.58. The van der Waals surface area contributed by atoms with Gasteiger partial charge in [-0.05, 0) is 24.0 Å². The molecule has 2 heterocycles.